The maximum absolute atomic E-state index is 2.67. The maximum Gasteiger partial charge on any atom is 0.0746 e. The van der Waals surface area contributed by atoms with Gasteiger partial charge in [-0.1, -0.05) is 390 Å². The van der Waals surface area contributed by atoms with Gasteiger partial charge in [0.05, 0.1) is 44.7 Å². The van der Waals surface area contributed by atoms with Gasteiger partial charge in [-0.3, -0.25) is 0 Å². The monoisotopic (exact) mass is 1550 g/mol. The highest BCUT2D eigenvalue weighted by Crippen LogP contribution is 2.71. The molecule has 7 aliphatic carbocycles. The van der Waals surface area contributed by atoms with Gasteiger partial charge in [0.2, 0.25) is 0 Å². The molecule has 568 valence electrons. The fraction of sp³-hybridized carbons (Fsp3) is 0.0500. The van der Waals surface area contributed by atoms with Gasteiger partial charge < -0.3 is 9.80 Å². The van der Waals surface area contributed by atoms with Gasteiger partial charge >= 0.3 is 0 Å². The first-order chi connectivity index (χ1) is 60.3. The maximum atomic E-state index is 2.67. The zero-order chi connectivity index (χ0) is 80.3. The largest absolute Gasteiger partial charge is 0.309 e. The standard InChI is InChI=1S/C120H78N2/c1-117(2)95-50-21-17-46-92(95)113-103(117)58-31-62-109(113)121(82-71-80(75-34-6-3-7-35-75)70-81(72-82)76-36-8-4-9-37-76)112-65-30-49-91-88-45-16-26-55-100(88)120(116(91)112)99-54-25-15-44-87(99)90-69-67-79(74-107(90)120)78-66-68-89-86-43-14-24-53-98(86)119(106(89)73-78)102-57-28-19-48-94(102)115-105(119)60-33-64-111(115)122(108-61-29-20-40-83(108)77-38-10-5-11-39-77)110-63-32-59-104-114(110)93-47-18-27-56-101(93)118(104)96-51-22-12-41-84(96)85-42-13-23-52-97(85)118/h3-74H,1-2H3. The van der Waals surface area contributed by atoms with Crippen LogP contribution in [0.25, 0.3) is 122 Å². The minimum absolute atomic E-state index is 0.256. The van der Waals surface area contributed by atoms with Gasteiger partial charge in [-0.25, -0.2) is 0 Å². The number of hydrogen-bond donors (Lipinski definition) is 0. The molecule has 0 bridgehead atoms. The zero-order valence-electron chi connectivity index (χ0n) is 67.5. The van der Waals surface area contributed by atoms with Crippen LogP contribution in [0.2, 0.25) is 0 Å². The van der Waals surface area contributed by atoms with Crippen LogP contribution >= 0.6 is 0 Å². The third-order valence-electron chi connectivity index (χ3n) is 28.7. The smallest absolute Gasteiger partial charge is 0.0746 e. The predicted octanol–water partition coefficient (Wildman–Crippen LogP) is 30.6. The van der Waals surface area contributed by atoms with Crippen molar-refractivity contribution in [3.05, 3.63) is 515 Å². The summed E-state index contributed by atoms with van der Waals surface area (Å²) >= 11 is 0. The van der Waals surface area contributed by atoms with E-state index in [1.54, 1.807) is 0 Å². The fourth-order valence-corrected chi connectivity index (χ4v) is 24.0. The van der Waals surface area contributed by atoms with Crippen molar-refractivity contribution in [3.63, 3.8) is 0 Å². The fourth-order valence-electron chi connectivity index (χ4n) is 24.0. The Bertz CT molecular complexity index is 7580. The highest BCUT2D eigenvalue weighted by atomic mass is 15.2. The van der Waals surface area contributed by atoms with Crippen LogP contribution in [0, 0.1) is 0 Å². The number of hydrogen-bond acceptors (Lipinski definition) is 2. The first kappa shape index (κ1) is 68.8. The lowest BCUT2D eigenvalue weighted by atomic mass is 9.69. The quantitative estimate of drug-likeness (QED) is 0.135. The minimum Gasteiger partial charge on any atom is -0.309 e. The Morgan fingerprint density at radius 2 is 0.451 bits per heavy atom. The molecule has 26 rings (SSSR count). The Kier molecular flexibility index (Phi) is 14.5. The molecule has 2 nitrogen and oxygen atoms in total. The Balaban J connectivity index is 0.700. The van der Waals surface area contributed by atoms with Gasteiger partial charge in [0.15, 0.2) is 0 Å². The Morgan fingerprint density at radius 1 is 0.156 bits per heavy atom. The number of nitrogens with zero attached hydrogens (tertiary/aromatic N) is 2. The van der Waals surface area contributed by atoms with Crippen molar-refractivity contribution in [2.45, 2.75) is 35.5 Å². The Labute approximate surface area is 711 Å². The van der Waals surface area contributed by atoms with E-state index < -0.39 is 16.2 Å². The second kappa shape index (κ2) is 25.7. The average molecular weight is 1550 g/mol. The van der Waals surface area contributed by atoms with E-state index in [1.165, 1.54) is 167 Å². The summed E-state index contributed by atoms with van der Waals surface area (Å²) in [4.78, 5) is 5.33. The summed E-state index contributed by atoms with van der Waals surface area (Å²) in [6.45, 7) is 4.82. The van der Waals surface area contributed by atoms with Gasteiger partial charge in [0, 0.05) is 38.9 Å². The number of benzene rings is 19. The molecule has 2 unspecified atom stereocenters. The second-order valence-electron chi connectivity index (χ2n) is 34.6. The first-order valence-electron chi connectivity index (χ1n) is 43.0. The van der Waals surface area contributed by atoms with Gasteiger partial charge in [-0.2, -0.15) is 0 Å². The molecule has 2 atom stereocenters. The third kappa shape index (κ3) is 9.02. The molecule has 0 saturated heterocycles. The summed E-state index contributed by atoms with van der Waals surface area (Å²) in [6.07, 6.45) is 0. The van der Waals surface area contributed by atoms with E-state index in [2.05, 4.69) is 460 Å². The molecular weight excluding hydrogens is 1470 g/mol. The molecule has 0 aromatic heterocycles. The van der Waals surface area contributed by atoms with Gasteiger partial charge in [0.1, 0.15) is 0 Å². The Morgan fingerprint density at radius 3 is 0.926 bits per heavy atom. The van der Waals surface area contributed by atoms with Crippen molar-refractivity contribution in [3.8, 4) is 122 Å². The molecule has 122 heavy (non-hydrogen) atoms. The van der Waals surface area contributed by atoms with Crippen molar-refractivity contribution in [1.29, 1.82) is 0 Å². The van der Waals surface area contributed by atoms with E-state index in [0.29, 0.717) is 0 Å². The second-order valence-corrected chi connectivity index (χ2v) is 34.6. The predicted molar refractivity (Wildman–Crippen MR) is 504 cm³/mol. The van der Waals surface area contributed by atoms with E-state index in [9.17, 15) is 0 Å². The molecule has 0 fully saturated rings. The molecule has 2 heteroatoms. The zero-order valence-corrected chi connectivity index (χ0v) is 67.5. The van der Waals surface area contributed by atoms with E-state index in [4.69, 9.17) is 0 Å². The summed E-state index contributed by atoms with van der Waals surface area (Å²) in [5.41, 5.74) is 49.4. The van der Waals surface area contributed by atoms with Gasteiger partial charge in [-0.15, -0.1) is 0 Å². The molecular formula is C120H78N2. The topological polar surface area (TPSA) is 6.48 Å². The molecule has 0 N–H and O–H groups in total. The van der Waals surface area contributed by atoms with Crippen molar-refractivity contribution >= 4 is 34.1 Å². The van der Waals surface area contributed by atoms with Gasteiger partial charge in [0.25, 0.3) is 0 Å². The lowest BCUT2D eigenvalue weighted by molar-refractivity contribution is 0.660. The molecule has 19 aromatic rings. The number of anilines is 6. The van der Waals surface area contributed by atoms with Crippen LogP contribution < -0.4 is 9.80 Å². The van der Waals surface area contributed by atoms with Crippen LogP contribution in [0.1, 0.15) is 91.7 Å². The summed E-state index contributed by atoms with van der Waals surface area (Å²) < 4.78 is 0. The molecule has 0 amide bonds. The van der Waals surface area contributed by atoms with Crippen molar-refractivity contribution in [1.82, 2.24) is 0 Å². The SMILES string of the molecule is CC1(C)c2ccccc2-c2c(N(c3cc(-c4ccccc4)cc(-c4ccccc4)c3)c3cccc4c3C3(c5ccccc5-c5ccc(-c6ccc7c(c6)C6(c8ccccc8-7)c7ccccc7-c7c(N(c8ccccc8-c8ccccc8)c8cccc9c8-c8ccccc8C98c9ccccc9-c9ccccc98)cccc76)cc53)c3ccccc3-4)cccc21. The van der Waals surface area contributed by atoms with Crippen LogP contribution in [0.5, 0.6) is 0 Å². The molecule has 19 aromatic carbocycles. The number of fused-ring (bicyclic) bond motifs is 33. The molecule has 7 aliphatic rings. The highest BCUT2D eigenvalue weighted by molar-refractivity contribution is 6.09. The average Bonchev–Trinajstić information content (AvgIpc) is 1.51. The molecule has 3 spiro atoms. The van der Waals surface area contributed by atoms with E-state index in [0.717, 1.165) is 67.5 Å². The molecule has 0 heterocycles. The van der Waals surface area contributed by atoms with Crippen LogP contribution in [-0.4, -0.2) is 0 Å². The third-order valence-corrected chi connectivity index (χ3v) is 28.7. The van der Waals surface area contributed by atoms with Crippen LogP contribution in [0.4, 0.5) is 34.1 Å². The lowest BCUT2D eigenvalue weighted by Crippen LogP contribution is -2.28. The summed E-state index contributed by atoms with van der Waals surface area (Å²) in [6, 6.07) is 167. The van der Waals surface area contributed by atoms with Crippen molar-refractivity contribution in [2.24, 2.45) is 0 Å². The first-order valence-corrected chi connectivity index (χ1v) is 43.0. The van der Waals surface area contributed by atoms with Crippen LogP contribution in [0.3, 0.4) is 0 Å². The van der Waals surface area contributed by atoms with Crippen molar-refractivity contribution < 1.29 is 0 Å². The number of rotatable bonds is 10. The summed E-state index contributed by atoms with van der Waals surface area (Å²) in [5.74, 6) is 0. The Hall–Kier alpha value is -15.2. The summed E-state index contributed by atoms with van der Waals surface area (Å²) in [7, 11) is 0. The molecule has 0 radical (unpaired) electrons. The van der Waals surface area contributed by atoms with Crippen LogP contribution in [0.15, 0.2) is 437 Å². The van der Waals surface area contributed by atoms with Crippen molar-refractivity contribution in [2.75, 3.05) is 9.80 Å². The van der Waals surface area contributed by atoms with E-state index in [-0.39, 0.29) is 5.41 Å². The molecule has 0 aliphatic heterocycles. The lowest BCUT2D eigenvalue weighted by Gasteiger charge is -2.37. The normalized spacial score (nSPS) is 16.0. The van der Waals surface area contributed by atoms with Gasteiger partial charge in [-0.05, 0) is 233 Å². The minimum atomic E-state index is -0.788. The molecule has 0 saturated carbocycles. The number of para-hydroxylation sites is 1. The van der Waals surface area contributed by atoms with E-state index in [1.807, 2.05) is 0 Å². The van der Waals surface area contributed by atoms with E-state index >= 15 is 0 Å². The highest BCUT2D eigenvalue weighted by Gasteiger charge is 2.57. The summed E-state index contributed by atoms with van der Waals surface area (Å²) in [5, 5.41) is 0. The van der Waals surface area contributed by atoms with Crippen LogP contribution in [-0.2, 0) is 21.7 Å².